The van der Waals surface area contributed by atoms with Crippen LogP contribution < -0.4 is 11.1 Å². The molecule has 2 aliphatic carbocycles. The number of hydrogen-bond acceptors (Lipinski definition) is 8. The van der Waals surface area contributed by atoms with E-state index in [0.717, 1.165) is 6.54 Å². The van der Waals surface area contributed by atoms with Crippen molar-refractivity contribution in [2.45, 2.75) is 115 Å². The molecule has 5 N–H and O–H groups in total. The highest BCUT2D eigenvalue weighted by atomic mass is 16.8. The Morgan fingerprint density at radius 3 is 1.97 bits per heavy atom. The van der Waals surface area contributed by atoms with Crippen LogP contribution in [0.3, 0.4) is 0 Å². The van der Waals surface area contributed by atoms with Gasteiger partial charge in [-0.15, -0.1) is 0 Å². The third-order valence-electron chi connectivity index (χ3n) is 6.32. The standard InChI is InChI=1S/C15H21NO3.C8H15NO3.CH4.H2/c1-15(2)18-13-11(8-12(17)14(13)19-15)16-9-10-6-4-3-5-7-10;1-8(2)11-6-4(9)3-5(10)7(6)12-8;;/h3-7,11-14,16-17H,8-9H2,1-2H3;4-7,10H,3,9H2,1-2H3;1H4;1H/t11-,12+,13+,14-;4-,5+,6+,7-;;/m11../s1. The van der Waals surface area contributed by atoms with Crippen LogP contribution in [0, 0.1) is 0 Å². The number of hydrogen-bond donors (Lipinski definition) is 4. The molecule has 184 valence electrons. The van der Waals surface area contributed by atoms with Gasteiger partial charge in [-0.1, -0.05) is 37.8 Å². The van der Waals surface area contributed by atoms with Gasteiger partial charge >= 0.3 is 0 Å². The molecule has 32 heavy (non-hydrogen) atoms. The van der Waals surface area contributed by atoms with E-state index in [4.69, 9.17) is 24.7 Å². The van der Waals surface area contributed by atoms with Gasteiger partial charge in [0.1, 0.15) is 24.4 Å². The first kappa shape index (κ1) is 25.5. The van der Waals surface area contributed by atoms with Gasteiger partial charge in [-0.05, 0) is 46.1 Å². The third-order valence-corrected chi connectivity index (χ3v) is 6.32. The molecular formula is C24H42N2O6. The highest BCUT2D eigenvalue weighted by molar-refractivity contribution is 5.15. The fraction of sp³-hybridized carbons (Fsp3) is 0.750. The normalized spacial score (nSPS) is 40.7. The van der Waals surface area contributed by atoms with E-state index < -0.39 is 23.8 Å². The third kappa shape index (κ3) is 5.51. The Balaban J connectivity index is 0.000000240. The molecule has 0 spiro atoms. The summed E-state index contributed by atoms with van der Waals surface area (Å²) >= 11 is 0. The lowest BCUT2D eigenvalue weighted by molar-refractivity contribution is -0.164. The summed E-state index contributed by atoms with van der Waals surface area (Å²) in [6.45, 7) is 8.25. The van der Waals surface area contributed by atoms with Crippen molar-refractivity contribution in [2.24, 2.45) is 5.73 Å². The van der Waals surface area contributed by atoms with E-state index in [1.165, 1.54) is 5.56 Å². The minimum Gasteiger partial charge on any atom is -0.390 e. The average molecular weight is 455 g/mol. The highest BCUT2D eigenvalue weighted by Crippen LogP contribution is 2.39. The van der Waals surface area contributed by atoms with Crippen molar-refractivity contribution in [1.29, 1.82) is 0 Å². The summed E-state index contributed by atoms with van der Waals surface area (Å²) in [5.74, 6) is -1.18. The van der Waals surface area contributed by atoms with Crippen LogP contribution in [0.4, 0.5) is 0 Å². The summed E-state index contributed by atoms with van der Waals surface area (Å²) in [6, 6.07) is 10.3. The molecule has 5 rings (SSSR count). The van der Waals surface area contributed by atoms with Gasteiger partial charge in [0.2, 0.25) is 0 Å². The quantitative estimate of drug-likeness (QED) is 0.548. The lowest BCUT2D eigenvalue weighted by Crippen LogP contribution is -2.39. The van der Waals surface area contributed by atoms with Gasteiger partial charge in [0.05, 0.1) is 12.2 Å². The van der Waals surface area contributed by atoms with Crippen LogP contribution in [0.2, 0.25) is 0 Å². The molecule has 0 unspecified atom stereocenters. The molecule has 1 aromatic rings. The Labute approximate surface area is 192 Å². The number of aliphatic hydroxyl groups is 2. The first-order valence-electron chi connectivity index (χ1n) is 11.1. The number of ether oxygens (including phenoxy) is 4. The summed E-state index contributed by atoms with van der Waals surface area (Å²) in [6.07, 6.45) is -0.280. The molecule has 4 fully saturated rings. The number of aliphatic hydroxyl groups excluding tert-OH is 2. The van der Waals surface area contributed by atoms with Gasteiger partial charge in [-0.25, -0.2) is 0 Å². The van der Waals surface area contributed by atoms with Crippen LogP contribution in [-0.4, -0.2) is 70.5 Å². The largest absolute Gasteiger partial charge is 0.390 e. The van der Waals surface area contributed by atoms with Crippen molar-refractivity contribution in [2.75, 3.05) is 0 Å². The fourth-order valence-electron chi connectivity index (χ4n) is 4.99. The maximum atomic E-state index is 10.1. The predicted molar refractivity (Wildman–Crippen MR) is 123 cm³/mol. The molecule has 2 heterocycles. The number of rotatable bonds is 3. The maximum absolute atomic E-state index is 10.1. The van der Waals surface area contributed by atoms with Gasteiger partial charge in [0.25, 0.3) is 0 Å². The van der Waals surface area contributed by atoms with Gasteiger partial charge in [0, 0.05) is 20.1 Å². The molecule has 0 radical (unpaired) electrons. The van der Waals surface area contributed by atoms with E-state index in [1.807, 2.05) is 45.9 Å². The molecule has 2 aliphatic heterocycles. The van der Waals surface area contributed by atoms with Crippen molar-refractivity contribution in [3.8, 4) is 0 Å². The Hall–Kier alpha value is -1.10. The van der Waals surface area contributed by atoms with Gasteiger partial charge < -0.3 is 40.2 Å². The van der Waals surface area contributed by atoms with Crippen molar-refractivity contribution < 1.29 is 30.6 Å². The summed E-state index contributed by atoms with van der Waals surface area (Å²) in [5, 5.41) is 23.0. The van der Waals surface area contributed by atoms with Crippen molar-refractivity contribution in [1.82, 2.24) is 5.32 Å². The zero-order valence-corrected chi connectivity index (χ0v) is 18.7. The summed E-state index contributed by atoms with van der Waals surface area (Å²) in [5.41, 5.74) is 7.00. The molecular weight excluding hydrogens is 412 g/mol. The molecule has 0 bridgehead atoms. The van der Waals surface area contributed by atoms with Crippen molar-refractivity contribution in [3.63, 3.8) is 0 Å². The van der Waals surface area contributed by atoms with E-state index in [0.29, 0.717) is 12.8 Å². The van der Waals surface area contributed by atoms with E-state index in [-0.39, 0.29) is 45.4 Å². The molecule has 8 nitrogen and oxygen atoms in total. The lowest BCUT2D eigenvalue weighted by Gasteiger charge is -2.23. The van der Waals surface area contributed by atoms with Crippen LogP contribution >= 0.6 is 0 Å². The minimum atomic E-state index is -0.594. The summed E-state index contributed by atoms with van der Waals surface area (Å²) < 4.78 is 22.7. The van der Waals surface area contributed by atoms with Crippen LogP contribution in [0.5, 0.6) is 0 Å². The topological polar surface area (TPSA) is 115 Å². The monoisotopic (exact) mass is 454 g/mol. The Morgan fingerprint density at radius 2 is 1.38 bits per heavy atom. The van der Waals surface area contributed by atoms with Gasteiger partial charge in [-0.2, -0.15) is 0 Å². The van der Waals surface area contributed by atoms with Crippen LogP contribution in [0.15, 0.2) is 30.3 Å². The van der Waals surface area contributed by atoms with Gasteiger partial charge in [-0.3, -0.25) is 0 Å². The Bertz CT molecular complexity index is 734. The van der Waals surface area contributed by atoms with E-state index in [2.05, 4.69) is 17.4 Å². The van der Waals surface area contributed by atoms with Crippen molar-refractivity contribution in [3.05, 3.63) is 35.9 Å². The second-order valence-corrected chi connectivity index (χ2v) is 9.87. The fourth-order valence-corrected chi connectivity index (χ4v) is 4.99. The zero-order chi connectivity index (χ0) is 22.4. The van der Waals surface area contributed by atoms with Crippen LogP contribution in [0.25, 0.3) is 0 Å². The van der Waals surface area contributed by atoms with E-state index in [1.54, 1.807) is 0 Å². The smallest absolute Gasteiger partial charge is 0.163 e. The number of nitrogens with two attached hydrogens (primary N) is 1. The molecule has 8 atom stereocenters. The predicted octanol–water partition coefficient (Wildman–Crippen LogP) is 1.91. The summed E-state index contributed by atoms with van der Waals surface area (Å²) in [7, 11) is 0. The molecule has 0 amide bonds. The van der Waals surface area contributed by atoms with Crippen LogP contribution in [0.1, 0.15) is 55.0 Å². The Kier molecular flexibility index (Phi) is 7.69. The number of fused-ring (bicyclic) bond motifs is 2. The zero-order valence-electron chi connectivity index (χ0n) is 18.7. The minimum absolute atomic E-state index is 0. The molecule has 0 aromatic heterocycles. The van der Waals surface area contributed by atoms with E-state index in [9.17, 15) is 10.2 Å². The number of benzene rings is 1. The maximum Gasteiger partial charge on any atom is 0.163 e. The SMILES string of the molecule is C.CC1(C)O[C@@H]2[C@H](O1)[C@@H](O)C[C@H]2N.CC1(C)O[C@@H]2[C@H](O1)[C@@H](O)C[C@H]2NCc1ccccc1.[HH]. The first-order chi connectivity index (χ1) is 14.5. The second-order valence-electron chi connectivity index (χ2n) is 9.87. The number of nitrogens with one attached hydrogen (secondary N) is 1. The van der Waals surface area contributed by atoms with Gasteiger partial charge in [0.15, 0.2) is 11.6 Å². The van der Waals surface area contributed by atoms with E-state index >= 15 is 0 Å². The molecule has 4 aliphatic rings. The Morgan fingerprint density at radius 1 is 0.875 bits per heavy atom. The molecule has 1 aromatic carbocycles. The van der Waals surface area contributed by atoms with Crippen LogP contribution in [-0.2, 0) is 25.5 Å². The lowest BCUT2D eigenvalue weighted by atomic mass is 10.1. The first-order valence-corrected chi connectivity index (χ1v) is 11.1. The second kappa shape index (κ2) is 9.64. The average Bonchev–Trinajstić information content (AvgIpc) is 3.36. The molecule has 2 saturated carbocycles. The molecule has 8 heteroatoms. The van der Waals surface area contributed by atoms with Crippen molar-refractivity contribution >= 4 is 0 Å². The molecule has 2 saturated heterocycles. The highest BCUT2D eigenvalue weighted by Gasteiger charge is 2.54. The summed E-state index contributed by atoms with van der Waals surface area (Å²) in [4.78, 5) is 0.